The molecule has 2 unspecified atom stereocenters. The maximum absolute atomic E-state index is 14.4. The standard InChI is InChI=1S/C21H15ClF9N5O2S/c22-14-11(19(23,24)25)3-10(4-12(14)20(26,27)28)18(21(29,30)31)1-2-36(8-18)17-32-5-9(6-33-17)16(39)34-13-7-38-35-15(13)37/h3-6,13H,1-2,7-8H2,(H,34,39)(H,35,37). The van der Waals surface area contributed by atoms with Crippen molar-refractivity contribution in [1.29, 1.82) is 0 Å². The Hall–Kier alpha value is -2.92. The molecule has 4 rings (SSSR count). The Morgan fingerprint density at radius 3 is 2.10 bits per heavy atom. The van der Waals surface area contributed by atoms with Crippen molar-refractivity contribution in [1.82, 2.24) is 20.8 Å². The van der Waals surface area contributed by atoms with Crippen LogP contribution in [0.5, 0.6) is 0 Å². The number of hydrogen-bond donors (Lipinski definition) is 2. The highest BCUT2D eigenvalue weighted by Gasteiger charge is 2.60. The van der Waals surface area contributed by atoms with E-state index in [1.54, 1.807) is 0 Å². The molecule has 0 spiro atoms. The minimum Gasteiger partial charge on any atom is -0.362 e. The van der Waals surface area contributed by atoms with E-state index in [0.717, 1.165) is 17.3 Å². The molecule has 0 aliphatic carbocycles. The van der Waals surface area contributed by atoms with Crippen molar-refractivity contribution in [2.45, 2.75) is 36.4 Å². The lowest BCUT2D eigenvalue weighted by Gasteiger charge is -2.33. The molecule has 2 N–H and O–H groups in total. The Bertz CT molecular complexity index is 1250. The zero-order chi connectivity index (χ0) is 29.0. The summed E-state index contributed by atoms with van der Waals surface area (Å²) in [6.07, 6.45) is -14.7. The van der Waals surface area contributed by atoms with Crippen molar-refractivity contribution in [3.8, 4) is 0 Å². The van der Waals surface area contributed by atoms with Crippen LogP contribution in [-0.2, 0) is 27.4 Å². The Labute approximate surface area is 223 Å². The van der Waals surface area contributed by atoms with Gasteiger partial charge in [0.2, 0.25) is 5.95 Å². The maximum Gasteiger partial charge on any atom is 0.417 e. The van der Waals surface area contributed by atoms with Gasteiger partial charge >= 0.3 is 18.5 Å². The van der Waals surface area contributed by atoms with E-state index < -0.39 is 77.1 Å². The second-order valence-corrected chi connectivity index (χ2v) is 9.49. The highest BCUT2D eigenvalue weighted by Crippen LogP contribution is 2.52. The normalized spacial score (nSPS) is 22.3. The number of amides is 1. The number of halogens is 10. The second kappa shape index (κ2) is 9.92. The molecule has 1 amide bonds. The third-order valence-corrected chi connectivity index (χ3v) is 7.04. The summed E-state index contributed by atoms with van der Waals surface area (Å²) >= 11 is 10.5. The molecule has 0 bridgehead atoms. The van der Waals surface area contributed by atoms with E-state index in [1.165, 1.54) is 0 Å². The summed E-state index contributed by atoms with van der Waals surface area (Å²) < 4.78 is 124. The molecule has 2 aromatic rings. The van der Waals surface area contributed by atoms with E-state index >= 15 is 0 Å². The summed E-state index contributed by atoms with van der Waals surface area (Å²) in [6, 6.07) is -0.789. The summed E-state index contributed by atoms with van der Waals surface area (Å²) in [5.74, 6) is -0.754. The summed E-state index contributed by atoms with van der Waals surface area (Å²) in [5, 5.41) is 0.945. The number of carbonyl (C=O) groups excluding carboxylic acids is 1. The molecule has 39 heavy (non-hydrogen) atoms. The summed E-state index contributed by atoms with van der Waals surface area (Å²) in [5.41, 5.74) is -6.11. The summed E-state index contributed by atoms with van der Waals surface area (Å²) in [6.45, 7) is -1.52. The average Bonchev–Trinajstić information content (AvgIpc) is 3.45. The van der Waals surface area contributed by atoms with Crippen LogP contribution >= 0.6 is 23.8 Å². The minimum atomic E-state index is -5.45. The van der Waals surface area contributed by atoms with Crippen molar-refractivity contribution in [2.24, 2.45) is 0 Å². The second-order valence-electron chi connectivity index (χ2n) is 8.71. The molecule has 1 aromatic carbocycles. The summed E-state index contributed by atoms with van der Waals surface area (Å²) in [4.78, 5) is 25.2. The Balaban J connectivity index is 1.66. The number of aromatic nitrogens is 2. The quantitative estimate of drug-likeness (QED) is 0.389. The number of hydrogen-bond acceptors (Lipinski definition) is 6. The zero-order valence-electron chi connectivity index (χ0n) is 19.1. The van der Waals surface area contributed by atoms with E-state index in [4.69, 9.17) is 28.7 Å². The molecule has 2 saturated heterocycles. The smallest absolute Gasteiger partial charge is 0.362 e. The van der Waals surface area contributed by atoms with Gasteiger partial charge in [-0.25, -0.2) is 15.4 Å². The molecular formula is C21H15ClF9N5O2S. The van der Waals surface area contributed by atoms with E-state index in [-0.39, 0.29) is 35.2 Å². The lowest BCUT2D eigenvalue weighted by molar-refractivity contribution is -0.185. The van der Waals surface area contributed by atoms with Gasteiger partial charge in [-0.3, -0.25) is 9.63 Å². The molecule has 2 atom stereocenters. The first-order valence-corrected chi connectivity index (χ1v) is 11.6. The van der Waals surface area contributed by atoms with Gasteiger partial charge in [-0.15, -0.1) is 0 Å². The number of nitrogens with one attached hydrogen (secondary N) is 2. The van der Waals surface area contributed by atoms with Crippen molar-refractivity contribution < 1.29 is 49.1 Å². The Kier molecular flexibility index (Phi) is 7.40. The van der Waals surface area contributed by atoms with E-state index in [9.17, 15) is 44.3 Å². The van der Waals surface area contributed by atoms with Gasteiger partial charge in [0.15, 0.2) is 0 Å². The number of alkyl halides is 9. The van der Waals surface area contributed by atoms with Crippen LogP contribution < -0.4 is 15.7 Å². The SMILES string of the molecule is O=C1NOCC1NC(=S)c1cnc(N2CCC(c3cc(C(F)(F)F)c(Cl)c(C(F)(F)F)c3)(C(F)(F)F)C2)nc1. The fraction of sp³-hybridized carbons (Fsp3) is 0.429. The predicted octanol–water partition coefficient (Wildman–Crippen LogP) is 4.57. The van der Waals surface area contributed by atoms with Gasteiger partial charge in [-0.2, -0.15) is 39.5 Å². The highest BCUT2D eigenvalue weighted by molar-refractivity contribution is 7.80. The van der Waals surface area contributed by atoms with Crippen LogP contribution in [0.25, 0.3) is 0 Å². The first-order valence-electron chi connectivity index (χ1n) is 10.8. The molecule has 2 aliphatic rings. The summed E-state index contributed by atoms with van der Waals surface area (Å²) in [7, 11) is 0. The van der Waals surface area contributed by atoms with Gasteiger partial charge in [-0.05, 0) is 24.1 Å². The van der Waals surface area contributed by atoms with Crippen LogP contribution in [0.3, 0.4) is 0 Å². The largest absolute Gasteiger partial charge is 0.417 e. The molecule has 3 heterocycles. The molecule has 212 valence electrons. The maximum atomic E-state index is 14.4. The van der Waals surface area contributed by atoms with Crippen molar-refractivity contribution >= 4 is 40.7 Å². The first kappa shape index (κ1) is 29.1. The zero-order valence-corrected chi connectivity index (χ0v) is 20.6. The van der Waals surface area contributed by atoms with Gasteiger partial charge in [0.05, 0.1) is 16.1 Å². The fourth-order valence-corrected chi connectivity index (χ4v) is 4.79. The molecular weight excluding hydrogens is 593 g/mol. The number of anilines is 1. The molecule has 0 saturated carbocycles. The number of carbonyl (C=O) groups is 1. The van der Waals surface area contributed by atoms with Gasteiger partial charge < -0.3 is 10.2 Å². The lowest BCUT2D eigenvalue weighted by atomic mass is 9.77. The number of benzene rings is 1. The van der Waals surface area contributed by atoms with Crippen molar-refractivity contribution in [3.63, 3.8) is 0 Å². The van der Waals surface area contributed by atoms with Crippen LogP contribution in [-0.4, -0.2) is 52.8 Å². The Morgan fingerprint density at radius 2 is 1.64 bits per heavy atom. The van der Waals surface area contributed by atoms with Gasteiger partial charge in [-0.1, -0.05) is 23.8 Å². The van der Waals surface area contributed by atoms with E-state index in [1.807, 2.05) is 0 Å². The minimum absolute atomic E-state index is 0.00547. The molecule has 2 aliphatic heterocycles. The van der Waals surface area contributed by atoms with Crippen LogP contribution in [0.1, 0.15) is 28.7 Å². The average molecular weight is 608 g/mol. The highest BCUT2D eigenvalue weighted by atomic mass is 35.5. The van der Waals surface area contributed by atoms with Gasteiger partial charge in [0.25, 0.3) is 5.91 Å². The van der Waals surface area contributed by atoms with E-state index in [0.29, 0.717) is 0 Å². The van der Waals surface area contributed by atoms with Gasteiger partial charge in [0, 0.05) is 31.0 Å². The van der Waals surface area contributed by atoms with Gasteiger partial charge in [0.1, 0.15) is 23.1 Å². The molecule has 1 aromatic heterocycles. The van der Waals surface area contributed by atoms with Crippen LogP contribution in [0.2, 0.25) is 5.02 Å². The molecule has 0 radical (unpaired) electrons. The third kappa shape index (κ3) is 5.56. The predicted molar refractivity (Wildman–Crippen MR) is 121 cm³/mol. The number of nitrogens with zero attached hydrogens (tertiary/aromatic N) is 3. The monoisotopic (exact) mass is 607 g/mol. The molecule has 2 fully saturated rings. The third-order valence-electron chi connectivity index (χ3n) is 6.28. The molecule has 7 nitrogen and oxygen atoms in total. The number of hydroxylamine groups is 1. The Morgan fingerprint density at radius 1 is 1.08 bits per heavy atom. The van der Waals surface area contributed by atoms with Crippen LogP contribution in [0, 0.1) is 0 Å². The van der Waals surface area contributed by atoms with Crippen LogP contribution in [0.4, 0.5) is 45.5 Å². The number of thiocarbonyl (C=S) groups is 1. The van der Waals surface area contributed by atoms with Crippen molar-refractivity contribution in [3.05, 3.63) is 51.8 Å². The van der Waals surface area contributed by atoms with Crippen molar-refractivity contribution in [2.75, 3.05) is 24.6 Å². The lowest BCUT2D eigenvalue weighted by Crippen LogP contribution is -2.45. The van der Waals surface area contributed by atoms with Crippen LogP contribution in [0.15, 0.2) is 24.5 Å². The van der Waals surface area contributed by atoms with E-state index in [2.05, 4.69) is 20.8 Å². The first-order chi connectivity index (χ1) is 17.9. The molecule has 18 heteroatoms. The number of rotatable bonds is 4. The topological polar surface area (TPSA) is 79.4 Å². The fourth-order valence-electron chi connectivity index (χ4n) is 4.22.